The summed E-state index contributed by atoms with van der Waals surface area (Å²) in [6, 6.07) is 12.4. The number of imide groups is 1. The molecule has 1 aliphatic heterocycles. The molecule has 0 unspecified atom stereocenters. The first kappa shape index (κ1) is 16.6. The molecule has 132 valence electrons. The van der Waals surface area contributed by atoms with Crippen LogP contribution in [0.5, 0.6) is 0 Å². The van der Waals surface area contributed by atoms with Crippen molar-refractivity contribution in [3.8, 4) is 0 Å². The number of amides is 3. The van der Waals surface area contributed by atoms with Crippen LogP contribution in [0.2, 0.25) is 5.15 Å². The van der Waals surface area contributed by atoms with Gasteiger partial charge in [-0.05, 0) is 37.4 Å². The van der Waals surface area contributed by atoms with E-state index in [1.807, 2.05) is 30.3 Å². The van der Waals surface area contributed by atoms with Crippen molar-refractivity contribution in [2.24, 2.45) is 0 Å². The molecule has 3 amide bonds. The Morgan fingerprint density at radius 1 is 1.23 bits per heavy atom. The molecule has 26 heavy (non-hydrogen) atoms. The van der Waals surface area contributed by atoms with Gasteiger partial charge in [0.1, 0.15) is 16.7 Å². The van der Waals surface area contributed by atoms with Gasteiger partial charge in [-0.1, -0.05) is 35.9 Å². The van der Waals surface area contributed by atoms with Crippen molar-refractivity contribution in [2.75, 3.05) is 0 Å². The minimum atomic E-state index is -1.23. The quantitative estimate of drug-likeness (QED) is 0.563. The summed E-state index contributed by atoms with van der Waals surface area (Å²) in [5.74, 6) is 0.688. The molecule has 1 fully saturated rings. The molecule has 6 nitrogen and oxygen atoms in total. The number of aromatic nitrogens is 1. The number of nitrogens with one attached hydrogen (secondary N) is 1. The number of furan rings is 1. The van der Waals surface area contributed by atoms with Crippen molar-refractivity contribution in [3.05, 3.63) is 64.8 Å². The lowest BCUT2D eigenvalue weighted by molar-refractivity contribution is -0.132. The maximum Gasteiger partial charge on any atom is 0.325 e. The Bertz CT molecular complexity index is 1050. The maximum absolute atomic E-state index is 12.9. The van der Waals surface area contributed by atoms with E-state index < -0.39 is 11.6 Å². The van der Waals surface area contributed by atoms with E-state index in [2.05, 4.69) is 10.3 Å². The summed E-state index contributed by atoms with van der Waals surface area (Å²) < 4.78 is 5.57. The first-order valence-corrected chi connectivity index (χ1v) is 8.51. The lowest BCUT2D eigenvalue weighted by atomic mass is 9.99. The lowest BCUT2D eigenvalue weighted by Crippen LogP contribution is -2.40. The summed E-state index contributed by atoms with van der Waals surface area (Å²) in [7, 11) is 0. The fourth-order valence-electron chi connectivity index (χ4n) is 3.16. The van der Waals surface area contributed by atoms with Crippen molar-refractivity contribution in [3.63, 3.8) is 0 Å². The highest BCUT2D eigenvalue weighted by atomic mass is 35.5. The van der Waals surface area contributed by atoms with Gasteiger partial charge in [-0.15, -0.1) is 0 Å². The van der Waals surface area contributed by atoms with Crippen LogP contribution in [0.4, 0.5) is 4.79 Å². The molecule has 4 rings (SSSR count). The second-order valence-corrected chi connectivity index (χ2v) is 6.84. The molecule has 1 aromatic carbocycles. The molecule has 1 aliphatic rings. The number of benzene rings is 1. The van der Waals surface area contributed by atoms with Crippen molar-refractivity contribution in [2.45, 2.75) is 25.9 Å². The molecule has 3 aromatic rings. The third kappa shape index (κ3) is 2.54. The SMILES string of the molecule is Cc1ccc([C@]2(C)NC(=O)N(Cc3cc4ccccc4c(Cl)n3)C2=O)o1. The van der Waals surface area contributed by atoms with Crippen LogP contribution in [0.25, 0.3) is 10.8 Å². The third-order valence-electron chi connectivity index (χ3n) is 4.58. The molecule has 0 bridgehead atoms. The van der Waals surface area contributed by atoms with Crippen molar-refractivity contribution < 1.29 is 14.0 Å². The van der Waals surface area contributed by atoms with E-state index in [9.17, 15) is 9.59 Å². The second-order valence-electron chi connectivity index (χ2n) is 6.48. The molecule has 1 saturated heterocycles. The number of hydrogen-bond donors (Lipinski definition) is 1. The number of carbonyl (C=O) groups excluding carboxylic acids is 2. The number of carbonyl (C=O) groups is 2. The molecule has 2 aromatic heterocycles. The summed E-state index contributed by atoms with van der Waals surface area (Å²) in [6.45, 7) is 3.45. The molecule has 0 saturated carbocycles. The Morgan fingerprint density at radius 2 is 2.00 bits per heavy atom. The minimum Gasteiger partial charge on any atom is -0.463 e. The molecule has 0 spiro atoms. The van der Waals surface area contributed by atoms with Crippen LogP contribution >= 0.6 is 11.6 Å². The normalized spacial score (nSPS) is 20.0. The van der Waals surface area contributed by atoms with Crippen LogP contribution < -0.4 is 5.32 Å². The summed E-state index contributed by atoms with van der Waals surface area (Å²) >= 11 is 6.24. The zero-order valence-electron chi connectivity index (χ0n) is 14.2. The molecule has 3 heterocycles. The molecular formula is C19H16ClN3O3. The van der Waals surface area contributed by atoms with Crippen molar-refractivity contribution in [1.82, 2.24) is 15.2 Å². The zero-order chi connectivity index (χ0) is 18.5. The van der Waals surface area contributed by atoms with E-state index in [0.717, 1.165) is 15.7 Å². The fraction of sp³-hybridized carbons (Fsp3) is 0.211. The Labute approximate surface area is 154 Å². The number of aryl methyl sites for hydroxylation is 1. The molecule has 7 heteroatoms. The Hall–Kier alpha value is -2.86. The van der Waals surface area contributed by atoms with Gasteiger partial charge in [-0.2, -0.15) is 0 Å². The smallest absolute Gasteiger partial charge is 0.325 e. The van der Waals surface area contributed by atoms with Gasteiger partial charge in [0.05, 0.1) is 12.2 Å². The van der Waals surface area contributed by atoms with Gasteiger partial charge in [0.15, 0.2) is 5.54 Å². The Kier molecular flexibility index (Phi) is 3.73. The lowest BCUT2D eigenvalue weighted by Gasteiger charge is -2.19. The third-order valence-corrected chi connectivity index (χ3v) is 4.86. The van der Waals surface area contributed by atoms with Crippen LogP contribution in [-0.2, 0) is 16.9 Å². The van der Waals surface area contributed by atoms with Crippen LogP contribution in [-0.4, -0.2) is 21.8 Å². The number of fused-ring (bicyclic) bond motifs is 1. The molecule has 1 N–H and O–H groups in total. The maximum atomic E-state index is 12.9. The predicted octanol–water partition coefficient (Wildman–Crippen LogP) is 3.76. The highest BCUT2D eigenvalue weighted by molar-refractivity contribution is 6.34. The minimum absolute atomic E-state index is 0.0322. The van der Waals surface area contributed by atoms with Crippen LogP contribution in [0.1, 0.15) is 24.1 Å². The first-order valence-electron chi connectivity index (χ1n) is 8.14. The first-order chi connectivity index (χ1) is 12.4. The number of nitrogens with zero attached hydrogens (tertiary/aromatic N) is 2. The van der Waals surface area contributed by atoms with Crippen molar-refractivity contribution >= 4 is 34.3 Å². The summed E-state index contributed by atoms with van der Waals surface area (Å²) in [5, 5.41) is 4.78. The van der Waals surface area contributed by atoms with Gasteiger partial charge in [0.2, 0.25) is 0 Å². The van der Waals surface area contributed by atoms with Gasteiger partial charge in [0, 0.05) is 5.39 Å². The molecule has 0 aliphatic carbocycles. The number of hydrogen-bond acceptors (Lipinski definition) is 4. The standard InChI is InChI=1S/C19H16ClN3O3/c1-11-7-8-15(26-11)19(2)17(24)23(18(25)22-19)10-13-9-12-5-3-4-6-14(12)16(20)21-13/h3-9H,10H2,1-2H3,(H,22,25)/t19-/m0/s1. The average molecular weight is 370 g/mol. The van der Waals surface area contributed by atoms with Crippen LogP contribution in [0, 0.1) is 6.92 Å². The van der Waals surface area contributed by atoms with E-state index in [1.165, 1.54) is 0 Å². The van der Waals surface area contributed by atoms with E-state index in [0.29, 0.717) is 22.4 Å². The highest BCUT2D eigenvalue weighted by Crippen LogP contribution is 2.31. The number of halogens is 1. The van der Waals surface area contributed by atoms with Crippen LogP contribution in [0.15, 0.2) is 46.9 Å². The summed E-state index contributed by atoms with van der Waals surface area (Å²) in [5.41, 5.74) is -0.691. The van der Waals surface area contributed by atoms with Gasteiger partial charge in [-0.25, -0.2) is 9.78 Å². The average Bonchev–Trinajstić information content (AvgIpc) is 3.13. The molecule has 1 atom stereocenters. The predicted molar refractivity (Wildman–Crippen MR) is 96.6 cm³/mol. The molecular weight excluding hydrogens is 354 g/mol. The fourth-order valence-corrected chi connectivity index (χ4v) is 3.44. The largest absolute Gasteiger partial charge is 0.463 e. The topological polar surface area (TPSA) is 75.4 Å². The highest BCUT2D eigenvalue weighted by Gasteiger charge is 2.51. The molecule has 0 radical (unpaired) electrons. The van der Waals surface area contributed by atoms with Gasteiger partial charge in [-0.3, -0.25) is 9.69 Å². The summed E-state index contributed by atoms with van der Waals surface area (Å²) in [6.07, 6.45) is 0. The second kappa shape index (κ2) is 5.85. The van der Waals surface area contributed by atoms with Gasteiger partial charge >= 0.3 is 6.03 Å². The van der Waals surface area contributed by atoms with E-state index in [4.69, 9.17) is 16.0 Å². The number of pyridine rings is 1. The van der Waals surface area contributed by atoms with E-state index in [1.54, 1.807) is 26.0 Å². The van der Waals surface area contributed by atoms with Gasteiger partial charge < -0.3 is 9.73 Å². The Balaban J connectivity index is 1.67. The van der Waals surface area contributed by atoms with Gasteiger partial charge in [0.25, 0.3) is 5.91 Å². The summed E-state index contributed by atoms with van der Waals surface area (Å²) in [4.78, 5) is 30.8. The Morgan fingerprint density at radius 3 is 2.73 bits per heavy atom. The van der Waals surface area contributed by atoms with Crippen molar-refractivity contribution in [1.29, 1.82) is 0 Å². The number of urea groups is 1. The van der Waals surface area contributed by atoms with Crippen LogP contribution in [0.3, 0.4) is 0 Å². The zero-order valence-corrected chi connectivity index (χ0v) is 15.0. The van der Waals surface area contributed by atoms with E-state index in [-0.39, 0.29) is 12.5 Å². The van der Waals surface area contributed by atoms with E-state index >= 15 is 0 Å². The number of rotatable bonds is 3. The monoisotopic (exact) mass is 369 g/mol.